The van der Waals surface area contributed by atoms with Gasteiger partial charge in [0.15, 0.2) is 0 Å². The van der Waals surface area contributed by atoms with Crippen LogP contribution in [0, 0.1) is 0 Å². The van der Waals surface area contributed by atoms with E-state index in [1.807, 2.05) is 30.3 Å². The van der Waals surface area contributed by atoms with E-state index < -0.39 is 23.6 Å². The Hall–Kier alpha value is -3.06. The van der Waals surface area contributed by atoms with Crippen LogP contribution in [0.25, 0.3) is 0 Å². The molecule has 2 amide bonds. The van der Waals surface area contributed by atoms with E-state index in [9.17, 15) is 9.59 Å². The Morgan fingerprint density at radius 3 is 2.41 bits per heavy atom. The molecule has 29 heavy (non-hydrogen) atoms. The molecule has 0 aliphatic rings. The lowest BCUT2D eigenvalue weighted by Gasteiger charge is -2.23. The van der Waals surface area contributed by atoms with E-state index >= 15 is 0 Å². The predicted octanol–water partition coefficient (Wildman–Crippen LogP) is 3.74. The van der Waals surface area contributed by atoms with E-state index in [1.165, 1.54) is 0 Å². The van der Waals surface area contributed by atoms with Crippen LogP contribution in [0.1, 0.15) is 26.3 Å². The lowest BCUT2D eigenvalue weighted by Crippen LogP contribution is -2.48. The second kappa shape index (κ2) is 10.5. The fourth-order valence-electron chi connectivity index (χ4n) is 2.43. The van der Waals surface area contributed by atoms with Crippen LogP contribution < -0.4 is 15.4 Å². The lowest BCUT2D eigenvalue weighted by atomic mass is 10.2. The molecular formula is C22H28N2O5. The third-order valence-corrected chi connectivity index (χ3v) is 3.74. The zero-order valence-electron chi connectivity index (χ0n) is 17.2. The standard InChI is InChI=1S/C22H28N2O5/c1-22(2,3)29-21(26)24-19(15-28-14-16-9-6-5-7-10-16)20(25)23-17-11-8-12-18(13-17)27-4/h5-13,19H,14-15H2,1-4H3,(H,23,25)(H,24,26)/t19-/m0/s1. The van der Waals surface area contributed by atoms with Crippen LogP contribution in [0.4, 0.5) is 10.5 Å². The maximum Gasteiger partial charge on any atom is 0.408 e. The van der Waals surface area contributed by atoms with E-state index in [-0.39, 0.29) is 6.61 Å². The number of hydrogen-bond acceptors (Lipinski definition) is 5. The summed E-state index contributed by atoms with van der Waals surface area (Å²) in [6.07, 6.45) is -0.688. The molecular weight excluding hydrogens is 372 g/mol. The summed E-state index contributed by atoms with van der Waals surface area (Å²) >= 11 is 0. The molecule has 0 spiro atoms. The third kappa shape index (κ3) is 8.23. The minimum Gasteiger partial charge on any atom is -0.497 e. The van der Waals surface area contributed by atoms with Crippen molar-refractivity contribution in [3.05, 3.63) is 60.2 Å². The molecule has 0 fully saturated rings. The number of nitrogens with one attached hydrogen (secondary N) is 2. The molecule has 0 aliphatic heterocycles. The summed E-state index contributed by atoms with van der Waals surface area (Å²) in [6, 6.07) is 15.6. The highest BCUT2D eigenvalue weighted by Crippen LogP contribution is 2.17. The van der Waals surface area contributed by atoms with Crippen molar-refractivity contribution in [3.63, 3.8) is 0 Å². The monoisotopic (exact) mass is 400 g/mol. The molecule has 0 aromatic heterocycles. The number of carbonyl (C=O) groups excluding carboxylic acids is 2. The minimum atomic E-state index is -0.931. The highest BCUT2D eigenvalue weighted by atomic mass is 16.6. The Labute approximate surface area is 171 Å². The zero-order chi connectivity index (χ0) is 21.3. The smallest absolute Gasteiger partial charge is 0.408 e. The second-order valence-electron chi connectivity index (χ2n) is 7.42. The summed E-state index contributed by atoms with van der Waals surface area (Å²) < 4.78 is 16.1. The fraction of sp³-hybridized carbons (Fsp3) is 0.364. The normalized spacial score (nSPS) is 12.0. The van der Waals surface area contributed by atoms with Gasteiger partial charge in [-0.25, -0.2) is 4.79 Å². The molecule has 0 saturated heterocycles. The average molecular weight is 400 g/mol. The number of amides is 2. The molecule has 2 aromatic rings. The summed E-state index contributed by atoms with van der Waals surface area (Å²) in [5.74, 6) is 0.192. The molecule has 0 radical (unpaired) electrons. The molecule has 0 heterocycles. The molecule has 1 atom stereocenters. The fourth-order valence-corrected chi connectivity index (χ4v) is 2.43. The number of alkyl carbamates (subject to hydrolysis) is 1. The number of methoxy groups -OCH3 is 1. The number of hydrogen-bond donors (Lipinski definition) is 2. The molecule has 156 valence electrons. The van der Waals surface area contributed by atoms with Crippen molar-refractivity contribution >= 4 is 17.7 Å². The van der Waals surface area contributed by atoms with E-state index in [0.717, 1.165) is 5.56 Å². The second-order valence-corrected chi connectivity index (χ2v) is 7.42. The molecule has 7 heteroatoms. The highest BCUT2D eigenvalue weighted by Gasteiger charge is 2.25. The maximum atomic E-state index is 12.8. The van der Waals surface area contributed by atoms with Gasteiger partial charge in [0.2, 0.25) is 5.91 Å². The van der Waals surface area contributed by atoms with Crippen molar-refractivity contribution < 1.29 is 23.8 Å². The molecule has 0 unspecified atom stereocenters. The number of benzene rings is 2. The van der Waals surface area contributed by atoms with Gasteiger partial charge in [-0.1, -0.05) is 36.4 Å². The average Bonchev–Trinajstić information content (AvgIpc) is 2.66. The number of ether oxygens (including phenoxy) is 3. The first-order chi connectivity index (χ1) is 13.8. The number of rotatable bonds is 8. The lowest BCUT2D eigenvalue weighted by molar-refractivity contribution is -0.119. The summed E-state index contributed by atoms with van der Waals surface area (Å²) in [6.45, 7) is 5.57. The van der Waals surface area contributed by atoms with Gasteiger partial charge in [0.25, 0.3) is 0 Å². The number of anilines is 1. The van der Waals surface area contributed by atoms with Crippen molar-refractivity contribution in [1.29, 1.82) is 0 Å². The Bertz CT molecular complexity index is 802. The molecule has 0 saturated carbocycles. The van der Waals surface area contributed by atoms with E-state index in [0.29, 0.717) is 18.0 Å². The van der Waals surface area contributed by atoms with Gasteiger partial charge in [-0.05, 0) is 38.5 Å². The van der Waals surface area contributed by atoms with Crippen LogP contribution in [0.2, 0.25) is 0 Å². The molecule has 0 bridgehead atoms. The van der Waals surface area contributed by atoms with Gasteiger partial charge in [0, 0.05) is 11.8 Å². The van der Waals surface area contributed by atoms with Crippen LogP contribution in [0.5, 0.6) is 5.75 Å². The van der Waals surface area contributed by atoms with Crippen molar-refractivity contribution in [2.75, 3.05) is 19.0 Å². The third-order valence-electron chi connectivity index (χ3n) is 3.74. The van der Waals surface area contributed by atoms with Gasteiger partial charge in [-0.3, -0.25) is 4.79 Å². The largest absolute Gasteiger partial charge is 0.497 e. The van der Waals surface area contributed by atoms with Gasteiger partial charge in [-0.2, -0.15) is 0 Å². The van der Waals surface area contributed by atoms with Crippen molar-refractivity contribution in [1.82, 2.24) is 5.32 Å². The Balaban J connectivity index is 2.03. The molecule has 7 nitrogen and oxygen atoms in total. The maximum absolute atomic E-state index is 12.8. The molecule has 2 aromatic carbocycles. The summed E-state index contributed by atoms with van der Waals surface area (Å²) in [7, 11) is 1.55. The van der Waals surface area contributed by atoms with E-state index in [4.69, 9.17) is 14.2 Å². The first-order valence-electron chi connectivity index (χ1n) is 9.33. The molecule has 2 N–H and O–H groups in total. The SMILES string of the molecule is COc1cccc(NC(=O)[C@H](COCc2ccccc2)NC(=O)OC(C)(C)C)c1. The molecule has 0 aliphatic carbocycles. The van der Waals surface area contributed by atoms with E-state index in [1.54, 1.807) is 52.1 Å². The van der Waals surface area contributed by atoms with Crippen LogP contribution in [0.3, 0.4) is 0 Å². The Morgan fingerprint density at radius 2 is 1.76 bits per heavy atom. The summed E-state index contributed by atoms with van der Waals surface area (Å²) in [5, 5.41) is 5.34. The topological polar surface area (TPSA) is 85.9 Å². The summed E-state index contributed by atoms with van der Waals surface area (Å²) in [5.41, 5.74) is 0.841. The van der Waals surface area contributed by atoms with Crippen LogP contribution in [0.15, 0.2) is 54.6 Å². The Kier molecular flexibility index (Phi) is 8.03. The van der Waals surface area contributed by atoms with E-state index in [2.05, 4.69) is 10.6 Å². The predicted molar refractivity (Wildman–Crippen MR) is 111 cm³/mol. The minimum absolute atomic E-state index is 0.00998. The van der Waals surface area contributed by atoms with Gasteiger partial charge in [0.1, 0.15) is 17.4 Å². The first kappa shape index (κ1) is 22.2. The van der Waals surface area contributed by atoms with Crippen molar-refractivity contribution in [3.8, 4) is 5.75 Å². The van der Waals surface area contributed by atoms with Gasteiger partial charge in [0.05, 0.1) is 20.3 Å². The quantitative estimate of drug-likeness (QED) is 0.705. The van der Waals surface area contributed by atoms with Crippen molar-refractivity contribution in [2.45, 2.75) is 39.0 Å². The zero-order valence-corrected chi connectivity index (χ0v) is 17.2. The van der Waals surface area contributed by atoms with Gasteiger partial charge in [-0.15, -0.1) is 0 Å². The highest BCUT2D eigenvalue weighted by molar-refractivity contribution is 5.96. The Morgan fingerprint density at radius 1 is 1.03 bits per heavy atom. The van der Waals surface area contributed by atoms with Gasteiger partial charge < -0.3 is 24.8 Å². The first-order valence-corrected chi connectivity index (χ1v) is 9.33. The molecule has 2 rings (SSSR count). The van der Waals surface area contributed by atoms with Crippen molar-refractivity contribution in [2.24, 2.45) is 0 Å². The summed E-state index contributed by atoms with van der Waals surface area (Å²) in [4.78, 5) is 24.9. The van der Waals surface area contributed by atoms with Gasteiger partial charge >= 0.3 is 6.09 Å². The number of carbonyl (C=O) groups is 2. The van der Waals surface area contributed by atoms with Crippen LogP contribution in [-0.2, 0) is 20.9 Å². The van der Waals surface area contributed by atoms with Crippen LogP contribution in [-0.4, -0.2) is 37.4 Å². The van der Waals surface area contributed by atoms with Crippen LogP contribution >= 0.6 is 0 Å².